The Hall–Kier alpha value is -2.30. The molecule has 0 radical (unpaired) electrons. The first-order valence-electron chi connectivity index (χ1n) is 12.6. The van der Waals surface area contributed by atoms with Gasteiger partial charge < -0.3 is 10.2 Å². The maximum Gasteiger partial charge on any atom is 0.244 e. The molecule has 0 aliphatic heterocycles. The fourth-order valence-corrected chi connectivity index (χ4v) is 6.13. The Morgan fingerprint density at radius 1 is 0.902 bits per heavy atom. The summed E-state index contributed by atoms with van der Waals surface area (Å²) in [5.41, 5.74) is 0.995. The number of amides is 2. The van der Waals surface area contributed by atoms with Crippen molar-refractivity contribution in [2.75, 3.05) is 17.1 Å². The molecule has 0 fully saturated rings. The lowest BCUT2D eigenvalue weighted by Gasteiger charge is -2.35. The van der Waals surface area contributed by atoms with Gasteiger partial charge in [0.2, 0.25) is 21.8 Å². The molecule has 12 heteroatoms. The van der Waals surface area contributed by atoms with Crippen molar-refractivity contribution in [3.63, 3.8) is 0 Å². The number of hydrogen-bond donors (Lipinski definition) is 1. The van der Waals surface area contributed by atoms with Crippen LogP contribution in [0.25, 0.3) is 0 Å². The van der Waals surface area contributed by atoms with Crippen molar-refractivity contribution in [1.29, 1.82) is 0 Å². The lowest BCUT2D eigenvalue weighted by atomic mass is 10.0. The Kier molecular flexibility index (Phi) is 11.2. The summed E-state index contributed by atoms with van der Waals surface area (Å²) in [5.74, 6) is -0.981. The third-order valence-corrected chi connectivity index (χ3v) is 8.59. The first kappa shape index (κ1) is 33.2. The summed E-state index contributed by atoms with van der Waals surface area (Å²) in [6, 6.07) is 18.3. The third kappa shape index (κ3) is 9.61. The Morgan fingerprint density at radius 3 is 2.10 bits per heavy atom. The highest BCUT2D eigenvalue weighted by Crippen LogP contribution is 2.35. The highest BCUT2D eigenvalue weighted by Gasteiger charge is 2.35. The first-order valence-corrected chi connectivity index (χ1v) is 16.3. The molecule has 7 nitrogen and oxygen atoms in total. The van der Waals surface area contributed by atoms with E-state index in [2.05, 4.69) is 21.2 Å². The molecule has 41 heavy (non-hydrogen) atoms. The average molecular weight is 704 g/mol. The maximum atomic E-state index is 14.2. The van der Waals surface area contributed by atoms with E-state index in [4.69, 9.17) is 34.8 Å². The van der Waals surface area contributed by atoms with Crippen LogP contribution >= 0.6 is 50.7 Å². The molecule has 2 amide bonds. The number of rotatable bonds is 10. The second-order valence-electron chi connectivity index (χ2n) is 10.6. The van der Waals surface area contributed by atoms with E-state index in [0.717, 1.165) is 26.2 Å². The number of anilines is 1. The Labute approximate surface area is 264 Å². The summed E-state index contributed by atoms with van der Waals surface area (Å²) < 4.78 is 27.6. The van der Waals surface area contributed by atoms with Gasteiger partial charge in [0, 0.05) is 23.0 Å². The van der Waals surface area contributed by atoms with Gasteiger partial charge in [0.1, 0.15) is 12.6 Å². The minimum absolute atomic E-state index is 0.00178. The molecule has 0 saturated carbocycles. The quantitative estimate of drug-likeness (QED) is 0.238. The molecule has 0 spiro atoms. The van der Waals surface area contributed by atoms with Gasteiger partial charge in [-0.1, -0.05) is 93.2 Å². The second-order valence-corrected chi connectivity index (χ2v) is 14.6. The molecule has 3 aromatic carbocycles. The van der Waals surface area contributed by atoms with E-state index in [1.165, 1.54) is 17.0 Å². The van der Waals surface area contributed by atoms with Gasteiger partial charge in [-0.3, -0.25) is 13.9 Å². The fourth-order valence-electron chi connectivity index (χ4n) is 4.14. The summed E-state index contributed by atoms with van der Waals surface area (Å²) in [7, 11) is -4.02. The van der Waals surface area contributed by atoms with Crippen molar-refractivity contribution in [2.24, 2.45) is 0 Å². The van der Waals surface area contributed by atoms with E-state index in [1.807, 2.05) is 75.4 Å². The number of carbonyl (C=O) groups excluding carboxylic acids is 2. The summed E-state index contributed by atoms with van der Waals surface area (Å²) in [4.78, 5) is 29.3. The molecule has 0 bridgehead atoms. The predicted octanol–water partition coefficient (Wildman–Crippen LogP) is 6.73. The van der Waals surface area contributed by atoms with Crippen LogP contribution in [0.1, 0.15) is 31.9 Å². The highest BCUT2D eigenvalue weighted by molar-refractivity contribution is 9.10. The van der Waals surface area contributed by atoms with Crippen LogP contribution in [0.3, 0.4) is 0 Å². The van der Waals surface area contributed by atoms with Crippen molar-refractivity contribution < 1.29 is 18.0 Å². The molecule has 0 aliphatic carbocycles. The van der Waals surface area contributed by atoms with Crippen LogP contribution in [0.15, 0.2) is 71.2 Å². The van der Waals surface area contributed by atoms with E-state index in [9.17, 15) is 18.0 Å². The van der Waals surface area contributed by atoms with Gasteiger partial charge in [-0.15, -0.1) is 0 Å². The molecule has 1 N–H and O–H groups in total. The number of carbonyl (C=O) groups is 2. The van der Waals surface area contributed by atoms with Crippen LogP contribution in [0.2, 0.25) is 15.1 Å². The minimum atomic E-state index is -4.02. The van der Waals surface area contributed by atoms with E-state index < -0.39 is 34.1 Å². The number of halogens is 4. The highest BCUT2D eigenvalue weighted by atomic mass is 79.9. The predicted molar refractivity (Wildman–Crippen MR) is 170 cm³/mol. The van der Waals surface area contributed by atoms with E-state index in [-0.39, 0.29) is 39.6 Å². The smallest absolute Gasteiger partial charge is 0.244 e. The Morgan fingerprint density at radius 2 is 1.51 bits per heavy atom. The second kappa shape index (κ2) is 13.8. The normalized spacial score (nSPS) is 12.5. The summed E-state index contributed by atoms with van der Waals surface area (Å²) in [5, 5.41) is 3.20. The minimum Gasteiger partial charge on any atom is -0.350 e. The maximum absolute atomic E-state index is 14.2. The van der Waals surface area contributed by atoms with Gasteiger partial charge >= 0.3 is 0 Å². The van der Waals surface area contributed by atoms with Gasteiger partial charge in [-0.05, 0) is 56.2 Å². The van der Waals surface area contributed by atoms with Crippen molar-refractivity contribution in [3.05, 3.63) is 97.4 Å². The lowest BCUT2D eigenvalue weighted by Crippen LogP contribution is -2.56. The standard InChI is InChI=1S/C29H31BrCl3N3O4S/c1-29(2,3)34-28(38)26(14-19-9-6-5-7-10-19)35(17-20-11-8-12-21(30)13-20)27(37)18-36(41(4,39)40)25-16-23(32)22(31)15-24(25)33/h5-13,15-16,26H,14,17-18H2,1-4H3,(H,34,38)/t26-/m0/s1. The van der Waals surface area contributed by atoms with Gasteiger partial charge in [-0.25, -0.2) is 8.42 Å². The van der Waals surface area contributed by atoms with Gasteiger partial charge in [-0.2, -0.15) is 0 Å². The molecule has 3 aromatic rings. The van der Waals surface area contributed by atoms with Crippen LogP contribution in [-0.4, -0.2) is 49.5 Å². The molecule has 1 atom stereocenters. The molecule has 0 aliphatic rings. The van der Waals surface area contributed by atoms with Gasteiger partial charge in [0.15, 0.2) is 0 Å². The lowest BCUT2D eigenvalue weighted by molar-refractivity contribution is -0.140. The first-order chi connectivity index (χ1) is 19.0. The van der Waals surface area contributed by atoms with E-state index in [1.54, 1.807) is 0 Å². The van der Waals surface area contributed by atoms with E-state index in [0.29, 0.717) is 0 Å². The van der Waals surface area contributed by atoms with Crippen LogP contribution < -0.4 is 9.62 Å². The summed E-state index contributed by atoms with van der Waals surface area (Å²) in [6.45, 7) is 4.96. The fraction of sp³-hybridized carbons (Fsp3) is 0.310. The summed E-state index contributed by atoms with van der Waals surface area (Å²) >= 11 is 22.1. The van der Waals surface area contributed by atoms with Crippen LogP contribution in [0.5, 0.6) is 0 Å². The molecule has 0 heterocycles. The van der Waals surface area contributed by atoms with Gasteiger partial charge in [0.25, 0.3) is 0 Å². The average Bonchev–Trinajstić information content (AvgIpc) is 2.86. The monoisotopic (exact) mass is 701 g/mol. The zero-order chi connectivity index (χ0) is 30.5. The Balaban J connectivity index is 2.12. The van der Waals surface area contributed by atoms with Crippen molar-refractivity contribution >= 4 is 78.3 Å². The number of nitrogens with zero attached hydrogens (tertiary/aromatic N) is 2. The zero-order valence-corrected chi connectivity index (χ0v) is 27.7. The van der Waals surface area contributed by atoms with Crippen molar-refractivity contribution in [2.45, 2.75) is 45.3 Å². The van der Waals surface area contributed by atoms with Crippen LogP contribution in [0, 0.1) is 0 Å². The number of benzene rings is 3. The van der Waals surface area contributed by atoms with Crippen LogP contribution in [-0.2, 0) is 32.6 Å². The number of sulfonamides is 1. The molecule has 220 valence electrons. The molecule has 0 aromatic heterocycles. The van der Waals surface area contributed by atoms with Crippen molar-refractivity contribution in [1.82, 2.24) is 10.2 Å². The number of hydrogen-bond acceptors (Lipinski definition) is 4. The SMILES string of the molecule is CC(C)(C)NC(=O)[C@H](Cc1ccccc1)N(Cc1cccc(Br)c1)C(=O)CN(c1cc(Cl)c(Cl)cc1Cl)S(C)(=O)=O. The van der Waals surface area contributed by atoms with Crippen LogP contribution in [0.4, 0.5) is 5.69 Å². The van der Waals surface area contributed by atoms with Gasteiger partial charge in [0.05, 0.1) is 27.0 Å². The van der Waals surface area contributed by atoms with E-state index >= 15 is 0 Å². The molecular weight excluding hydrogens is 673 g/mol. The number of nitrogens with one attached hydrogen (secondary N) is 1. The van der Waals surface area contributed by atoms with Crippen molar-refractivity contribution in [3.8, 4) is 0 Å². The molecular formula is C29H31BrCl3N3O4S. The zero-order valence-electron chi connectivity index (χ0n) is 23.0. The third-order valence-electron chi connectivity index (χ3n) is 5.95. The molecule has 0 unspecified atom stereocenters. The molecule has 3 rings (SSSR count). The topological polar surface area (TPSA) is 86.8 Å². The Bertz CT molecular complexity index is 1520. The largest absolute Gasteiger partial charge is 0.350 e. The molecule has 0 saturated heterocycles. The summed E-state index contributed by atoms with van der Waals surface area (Å²) in [6.07, 6.45) is 1.17.